The van der Waals surface area contributed by atoms with E-state index in [-0.39, 0.29) is 0 Å². The lowest BCUT2D eigenvalue weighted by atomic mass is 10.0. The highest BCUT2D eigenvalue weighted by Crippen LogP contribution is 2.41. The SMILES string of the molecule is CNc1ccc2c(c1)Sc1cc(N(C)C)ccc1C2. The monoisotopic (exact) mass is 270 g/mol. The predicted molar refractivity (Wildman–Crippen MR) is 83.7 cm³/mol. The number of nitrogens with one attached hydrogen (secondary N) is 1. The fourth-order valence-electron chi connectivity index (χ4n) is 2.34. The summed E-state index contributed by atoms with van der Waals surface area (Å²) in [5.41, 5.74) is 5.30. The van der Waals surface area contributed by atoms with Gasteiger partial charge >= 0.3 is 0 Å². The molecule has 3 heteroatoms. The Bertz CT molecular complexity index is 620. The second-order valence-electron chi connectivity index (χ2n) is 5.04. The molecular formula is C16H18N2S. The third kappa shape index (κ3) is 2.30. The molecule has 1 aliphatic rings. The zero-order chi connectivity index (χ0) is 13.4. The standard InChI is InChI=1S/C16H18N2S/c1-17-13-6-4-11-8-12-5-7-14(18(2)3)10-16(12)19-15(11)9-13/h4-7,9-10,17H,8H2,1-3H3. The van der Waals surface area contributed by atoms with Crippen LogP contribution < -0.4 is 10.2 Å². The van der Waals surface area contributed by atoms with Crippen LogP contribution in [-0.4, -0.2) is 21.1 Å². The van der Waals surface area contributed by atoms with E-state index in [1.54, 1.807) is 0 Å². The van der Waals surface area contributed by atoms with Crippen molar-refractivity contribution in [3.05, 3.63) is 47.5 Å². The number of fused-ring (bicyclic) bond motifs is 2. The summed E-state index contributed by atoms with van der Waals surface area (Å²) in [4.78, 5) is 4.91. The average Bonchev–Trinajstić information content (AvgIpc) is 2.43. The molecule has 1 aliphatic heterocycles. The van der Waals surface area contributed by atoms with Crippen LogP contribution in [0.5, 0.6) is 0 Å². The van der Waals surface area contributed by atoms with Crippen LogP contribution in [0.4, 0.5) is 11.4 Å². The van der Waals surface area contributed by atoms with Crippen LogP contribution >= 0.6 is 11.8 Å². The molecule has 0 unspecified atom stereocenters. The molecule has 0 radical (unpaired) electrons. The highest BCUT2D eigenvalue weighted by molar-refractivity contribution is 7.99. The third-order valence-electron chi connectivity index (χ3n) is 3.52. The average molecular weight is 270 g/mol. The van der Waals surface area contributed by atoms with E-state index in [2.05, 4.69) is 60.7 Å². The lowest BCUT2D eigenvalue weighted by Gasteiger charge is -2.22. The number of hydrogen-bond donors (Lipinski definition) is 1. The molecule has 98 valence electrons. The van der Waals surface area contributed by atoms with Crippen LogP contribution in [0.15, 0.2) is 46.2 Å². The first-order valence-electron chi connectivity index (χ1n) is 6.46. The Morgan fingerprint density at radius 3 is 2.37 bits per heavy atom. The summed E-state index contributed by atoms with van der Waals surface area (Å²) in [7, 11) is 6.14. The fourth-order valence-corrected chi connectivity index (χ4v) is 3.48. The first-order chi connectivity index (χ1) is 9.17. The summed E-state index contributed by atoms with van der Waals surface area (Å²) >= 11 is 1.88. The van der Waals surface area contributed by atoms with Gasteiger partial charge in [-0.2, -0.15) is 0 Å². The maximum absolute atomic E-state index is 3.21. The summed E-state index contributed by atoms with van der Waals surface area (Å²) in [5, 5.41) is 3.21. The first-order valence-corrected chi connectivity index (χ1v) is 7.28. The molecule has 0 fully saturated rings. The molecule has 1 N–H and O–H groups in total. The Labute approximate surface area is 118 Å². The van der Waals surface area contributed by atoms with E-state index in [1.165, 1.54) is 32.3 Å². The van der Waals surface area contributed by atoms with Crippen molar-refractivity contribution in [2.45, 2.75) is 16.2 Å². The molecule has 3 rings (SSSR count). The predicted octanol–water partition coefficient (Wildman–Crippen LogP) is 3.85. The van der Waals surface area contributed by atoms with Gasteiger partial charge in [0.15, 0.2) is 0 Å². The summed E-state index contributed by atoms with van der Waals surface area (Å²) < 4.78 is 0. The molecule has 0 spiro atoms. The smallest absolute Gasteiger partial charge is 0.0372 e. The second kappa shape index (κ2) is 4.82. The first kappa shape index (κ1) is 12.4. The van der Waals surface area contributed by atoms with Gasteiger partial charge in [0.05, 0.1) is 0 Å². The molecule has 0 aromatic heterocycles. The van der Waals surface area contributed by atoms with Gasteiger partial charge in [-0.3, -0.25) is 0 Å². The van der Waals surface area contributed by atoms with Gasteiger partial charge in [-0.25, -0.2) is 0 Å². The van der Waals surface area contributed by atoms with Crippen molar-refractivity contribution in [2.75, 3.05) is 31.4 Å². The molecule has 0 aliphatic carbocycles. The Morgan fingerprint density at radius 1 is 1.00 bits per heavy atom. The molecule has 1 heterocycles. The minimum atomic E-state index is 1.04. The fraction of sp³-hybridized carbons (Fsp3) is 0.250. The summed E-state index contributed by atoms with van der Waals surface area (Å²) in [6, 6.07) is 13.4. The number of anilines is 2. The quantitative estimate of drug-likeness (QED) is 0.761. The van der Waals surface area contributed by atoms with E-state index < -0.39 is 0 Å². The topological polar surface area (TPSA) is 15.3 Å². The Balaban J connectivity index is 2.00. The number of benzene rings is 2. The van der Waals surface area contributed by atoms with Crippen LogP contribution in [0, 0.1) is 0 Å². The van der Waals surface area contributed by atoms with Crippen molar-refractivity contribution in [1.29, 1.82) is 0 Å². The molecule has 0 atom stereocenters. The zero-order valence-corrected chi connectivity index (χ0v) is 12.3. The lowest BCUT2D eigenvalue weighted by Crippen LogP contribution is -2.09. The number of hydrogen-bond acceptors (Lipinski definition) is 3. The summed E-state index contributed by atoms with van der Waals surface area (Å²) in [6.07, 6.45) is 1.04. The van der Waals surface area contributed by atoms with Gasteiger partial charge in [-0.1, -0.05) is 23.9 Å². The van der Waals surface area contributed by atoms with E-state index in [1.807, 2.05) is 18.8 Å². The van der Waals surface area contributed by atoms with E-state index in [9.17, 15) is 0 Å². The molecule has 0 amide bonds. The van der Waals surface area contributed by atoms with Crippen molar-refractivity contribution in [3.8, 4) is 0 Å². The molecule has 19 heavy (non-hydrogen) atoms. The zero-order valence-electron chi connectivity index (χ0n) is 11.5. The molecule has 2 aromatic rings. The van der Waals surface area contributed by atoms with E-state index in [0.29, 0.717) is 0 Å². The Hall–Kier alpha value is -1.61. The van der Waals surface area contributed by atoms with Crippen LogP contribution in [0.1, 0.15) is 11.1 Å². The van der Waals surface area contributed by atoms with Gasteiger partial charge in [0.1, 0.15) is 0 Å². The van der Waals surface area contributed by atoms with Crippen LogP contribution in [0.25, 0.3) is 0 Å². The summed E-state index contributed by atoms with van der Waals surface area (Å²) in [5.74, 6) is 0. The molecule has 0 bridgehead atoms. The molecule has 0 saturated heterocycles. The normalized spacial score (nSPS) is 12.6. The maximum Gasteiger partial charge on any atom is 0.0372 e. The van der Waals surface area contributed by atoms with Gasteiger partial charge in [0.2, 0.25) is 0 Å². The van der Waals surface area contributed by atoms with Gasteiger partial charge in [-0.15, -0.1) is 0 Å². The second-order valence-corrected chi connectivity index (χ2v) is 6.12. The van der Waals surface area contributed by atoms with Gasteiger partial charge < -0.3 is 10.2 Å². The van der Waals surface area contributed by atoms with Gasteiger partial charge in [-0.05, 0) is 41.8 Å². The van der Waals surface area contributed by atoms with Gasteiger partial charge in [0, 0.05) is 42.3 Å². The maximum atomic E-state index is 3.21. The molecular weight excluding hydrogens is 252 g/mol. The highest BCUT2D eigenvalue weighted by atomic mass is 32.2. The van der Waals surface area contributed by atoms with E-state index in [4.69, 9.17) is 0 Å². The van der Waals surface area contributed by atoms with Crippen molar-refractivity contribution in [3.63, 3.8) is 0 Å². The Kier molecular flexibility index (Phi) is 3.15. The van der Waals surface area contributed by atoms with Crippen LogP contribution in [0.3, 0.4) is 0 Å². The summed E-state index contributed by atoms with van der Waals surface area (Å²) in [6.45, 7) is 0. The largest absolute Gasteiger partial charge is 0.388 e. The minimum Gasteiger partial charge on any atom is -0.388 e. The molecule has 2 nitrogen and oxygen atoms in total. The van der Waals surface area contributed by atoms with Crippen molar-refractivity contribution >= 4 is 23.1 Å². The third-order valence-corrected chi connectivity index (χ3v) is 4.72. The molecule has 2 aromatic carbocycles. The minimum absolute atomic E-state index is 1.04. The number of nitrogens with zero attached hydrogens (tertiary/aromatic N) is 1. The molecule has 0 saturated carbocycles. The lowest BCUT2D eigenvalue weighted by molar-refractivity contribution is 1.04. The van der Waals surface area contributed by atoms with Crippen LogP contribution in [-0.2, 0) is 6.42 Å². The van der Waals surface area contributed by atoms with E-state index >= 15 is 0 Å². The van der Waals surface area contributed by atoms with Crippen molar-refractivity contribution < 1.29 is 0 Å². The number of rotatable bonds is 2. The van der Waals surface area contributed by atoms with Crippen molar-refractivity contribution in [2.24, 2.45) is 0 Å². The van der Waals surface area contributed by atoms with Gasteiger partial charge in [0.25, 0.3) is 0 Å². The van der Waals surface area contributed by atoms with Crippen molar-refractivity contribution in [1.82, 2.24) is 0 Å². The Morgan fingerprint density at radius 2 is 1.68 bits per heavy atom. The van der Waals surface area contributed by atoms with Crippen LogP contribution in [0.2, 0.25) is 0 Å². The van der Waals surface area contributed by atoms with E-state index in [0.717, 1.165) is 6.42 Å². The highest BCUT2D eigenvalue weighted by Gasteiger charge is 2.17.